The topological polar surface area (TPSA) is 82.3 Å². The Labute approximate surface area is 97.8 Å². The Morgan fingerprint density at radius 1 is 1.65 bits per heavy atom. The number of pyridine rings is 1. The van der Waals surface area contributed by atoms with Crippen molar-refractivity contribution >= 4 is 11.7 Å². The van der Waals surface area contributed by atoms with E-state index >= 15 is 0 Å². The fourth-order valence-electron chi connectivity index (χ4n) is 1.03. The van der Waals surface area contributed by atoms with Crippen LogP contribution >= 0.6 is 0 Å². The van der Waals surface area contributed by atoms with E-state index in [1.807, 2.05) is 0 Å². The number of hydrogen-bond acceptors (Lipinski definition) is 5. The molecule has 17 heavy (non-hydrogen) atoms. The van der Waals surface area contributed by atoms with E-state index in [1.165, 1.54) is 6.07 Å². The van der Waals surface area contributed by atoms with Crippen LogP contribution in [0.1, 0.15) is 18.2 Å². The Kier molecular flexibility index (Phi) is 4.17. The minimum Gasteiger partial charge on any atom is -0.456 e. The molecule has 0 aliphatic carbocycles. The van der Waals surface area contributed by atoms with E-state index in [9.17, 15) is 14.9 Å². The fourth-order valence-corrected chi connectivity index (χ4v) is 1.03. The van der Waals surface area contributed by atoms with E-state index in [1.54, 1.807) is 13.8 Å². The number of aryl methyl sites for hydroxylation is 1. The minimum atomic E-state index is -0.668. The average Bonchev–Trinajstić information content (AvgIpc) is 2.28. The smallest absolute Gasteiger partial charge is 0.384 e. The molecule has 6 heteroatoms. The molecule has 0 saturated carbocycles. The molecular weight excluding hydrogens is 224 g/mol. The van der Waals surface area contributed by atoms with Gasteiger partial charge in [-0.1, -0.05) is 5.92 Å². The van der Waals surface area contributed by atoms with E-state index in [0.29, 0.717) is 11.3 Å². The van der Waals surface area contributed by atoms with Gasteiger partial charge in [-0.25, -0.2) is 4.79 Å². The highest BCUT2D eigenvalue weighted by Gasteiger charge is 2.08. The second-order valence-electron chi connectivity index (χ2n) is 3.05. The van der Waals surface area contributed by atoms with Crippen molar-refractivity contribution in [3.63, 3.8) is 0 Å². The summed E-state index contributed by atoms with van der Waals surface area (Å²) in [6, 6.07) is 1.27. The molecule has 0 spiro atoms. The van der Waals surface area contributed by atoms with Crippen molar-refractivity contribution in [2.45, 2.75) is 13.8 Å². The van der Waals surface area contributed by atoms with Gasteiger partial charge >= 0.3 is 5.97 Å². The van der Waals surface area contributed by atoms with Crippen LogP contribution in [-0.2, 0) is 9.53 Å². The summed E-state index contributed by atoms with van der Waals surface area (Å²) in [6.45, 7) is 3.55. The van der Waals surface area contributed by atoms with Crippen LogP contribution in [0.3, 0.4) is 0 Å². The van der Waals surface area contributed by atoms with Crippen LogP contribution in [0.15, 0.2) is 12.3 Å². The van der Waals surface area contributed by atoms with Gasteiger partial charge < -0.3 is 4.74 Å². The summed E-state index contributed by atoms with van der Waals surface area (Å²) in [5.74, 6) is 4.07. The highest BCUT2D eigenvalue weighted by Crippen LogP contribution is 2.13. The van der Waals surface area contributed by atoms with Gasteiger partial charge in [-0.3, -0.25) is 15.1 Å². The zero-order valence-corrected chi connectivity index (χ0v) is 9.39. The zero-order valence-electron chi connectivity index (χ0n) is 9.39. The first-order valence-corrected chi connectivity index (χ1v) is 4.84. The van der Waals surface area contributed by atoms with Crippen molar-refractivity contribution in [2.75, 3.05) is 6.61 Å². The number of carbonyl (C=O) groups is 1. The van der Waals surface area contributed by atoms with E-state index in [0.717, 1.165) is 6.20 Å². The summed E-state index contributed by atoms with van der Waals surface area (Å²) in [4.78, 5) is 24.8. The number of ether oxygens (including phenoxy) is 1. The van der Waals surface area contributed by atoms with Crippen molar-refractivity contribution in [1.82, 2.24) is 4.98 Å². The van der Waals surface area contributed by atoms with Crippen molar-refractivity contribution in [3.8, 4) is 11.8 Å². The first kappa shape index (κ1) is 12.6. The van der Waals surface area contributed by atoms with Gasteiger partial charge in [0.1, 0.15) is 6.20 Å². The molecule has 1 rings (SSSR count). The number of nitrogens with zero attached hydrogens (tertiary/aromatic N) is 2. The van der Waals surface area contributed by atoms with Gasteiger partial charge in [0.05, 0.1) is 22.8 Å². The van der Waals surface area contributed by atoms with Crippen LogP contribution in [-0.4, -0.2) is 22.5 Å². The van der Waals surface area contributed by atoms with E-state index in [-0.39, 0.29) is 12.3 Å². The van der Waals surface area contributed by atoms with E-state index in [4.69, 9.17) is 0 Å². The quantitative estimate of drug-likeness (QED) is 0.332. The molecule has 0 N–H and O–H groups in total. The highest BCUT2D eigenvalue weighted by molar-refractivity contribution is 5.89. The summed E-state index contributed by atoms with van der Waals surface area (Å²) < 4.78 is 4.61. The zero-order chi connectivity index (χ0) is 12.8. The van der Waals surface area contributed by atoms with Gasteiger partial charge in [-0.05, 0) is 13.8 Å². The second-order valence-corrected chi connectivity index (χ2v) is 3.05. The average molecular weight is 234 g/mol. The monoisotopic (exact) mass is 234 g/mol. The van der Waals surface area contributed by atoms with Gasteiger partial charge in [-0.2, -0.15) is 0 Å². The van der Waals surface area contributed by atoms with E-state index in [2.05, 4.69) is 21.6 Å². The molecular formula is C11H10N2O4. The highest BCUT2D eigenvalue weighted by atomic mass is 16.6. The van der Waals surface area contributed by atoms with Gasteiger partial charge in [-0.15, -0.1) is 0 Å². The van der Waals surface area contributed by atoms with Crippen molar-refractivity contribution in [2.24, 2.45) is 0 Å². The van der Waals surface area contributed by atoms with Crippen molar-refractivity contribution in [1.29, 1.82) is 0 Å². The molecule has 1 heterocycles. The largest absolute Gasteiger partial charge is 0.456 e. The summed E-state index contributed by atoms with van der Waals surface area (Å²) in [7, 11) is 0. The molecule has 0 atom stereocenters. The minimum absolute atomic E-state index is 0.163. The Morgan fingerprint density at radius 2 is 2.35 bits per heavy atom. The number of aromatic nitrogens is 1. The third-order valence-corrected chi connectivity index (χ3v) is 1.86. The SMILES string of the molecule is CCOC(=O)C#Cc1cc([N+](=O)[O-])cnc1C. The van der Waals surface area contributed by atoms with Crippen LogP contribution in [0.5, 0.6) is 0 Å². The lowest BCUT2D eigenvalue weighted by atomic mass is 10.2. The first-order chi connectivity index (χ1) is 8.04. The molecule has 6 nitrogen and oxygen atoms in total. The van der Waals surface area contributed by atoms with Crippen molar-refractivity contribution < 1.29 is 14.5 Å². The van der Waals surface area contributed by atoms with Gasteiger partial charge in [0.2, 0.25) is 0 Å². The Bertz CT molecular complexity index is 514. The molecule has 0 aliphatic heterocycles. The van der Waals surface area contributed by atoms with Gasteiger partial charge in [0, 0.05) is 12.0 Å². The number of hydrogen-bond donors (Lipinski definition) is 0. The summed E-state index contributed by atoms with van der Waals surface area (Å²) in [6.07, 6.45) is 1.14. The van der Waals surface area contributed by atoms with Crippen LogP contribution in [0.2, 0.25) is 0 Å². The second kappa shape index (κ2) is 5.61. The predicted molar refractivity (Wildman–Crippen MR) is 59.1 cm³/mol. The number of nitro groups is 1. The van der Waals surface area contributed by atoms with Crippen LogP contribution in [0.25, 0.3) is 0 Å². The predicted octanol–water partition coefficient (Wildman–Crippen LogP) is 1.21. The molecule has 0 amide bonds. The lowest BCUT2D eigenvalue weighted by Gasteiger charge is -1.96. The summed E-state index contributed by atoms with van der Waals surface area (Å²) >= 11 is 0. The van der Waals surface area contributed by atoms with Crippen LogP contribution < -0.4 is 0 Å². The Morgan fingerprint density at radius 3 is 2.94 bits per heavy atom. The maximum absolute atomic E-state index is 11.0. The molecule has 0 unspecified atom stereocenters. The maximum atomic E-state index is 11.0. The number of carbonyl (C=O) groups excluding carboxylic acids is 1. The molecule has 88 valence electrons. The lowest BCUT2D eigenvalue weighted by molar-refractivity contribution is -0.385. The molecule has 0 aromatic carbocycles. The van der Waals surface area contributed by atoms with Gasteiger partial charge in [0.25, 0.3) is 5.69 Å². The van der Waals surface area contributed by atoms with Gasteiger partial charge in [0.15, 0.2) is 0 Å². The first-order valence-electron chi connectivity index (χ1n) is 4.84. The fraction of sp³-hybridized carbons (Fsp3) is 0.273. The molecule has 0 fully saturated rings. The normalized spacial score (nSPS) is 9.06. The standard InChI is InChI=1S/C11H10N2O4/c1-3-17-11(14)5-4-9-6-10(13(15)16)7-12-8(9)2/h6-7H,3H2,1-2H3. The maximum Gasteiger partial charge on any atom is 0.384 e. The molecule has 1 aromatic rings. The Balaban J connectivity index is 3.01. The summed E-state index contributed by atoms with van der Waals surface area (Å²) in [5, 5.41) is 10.5. The molecule has 0 saturated heterocycles. The lowest BCUT2D eigenvalue weighted by Crippen LogP contribution is -2.00. The molecule has 0 radical (unpaired) electrons. The number of esters is 1. The Hall–Kier alpha value is -2.42. The van der Waals surface area contributed by atoms with Crippen LogP contribution in [0.4, 0.5) is 5.69 Å². The molecule has 1 aromatic heterocycles. The summed E-state index contributed by atoms with van der Waals surface area (Å²) in [5.41, 5.74) is 0.698. The van der Waals surface area contributed by atoms with E-state index < -0.39 is 10.9 Å². The van der Waals surface area contributed by atoms with Crippen LogP contribution in [0, 0.1) is 28.9 Å². The molecule has 0 bridgehead atoms. The third kappa shape index (κ3) is 3.57. The van der Waals surface area contributed by atoms with Crippen molar-refractivity contribution in [3.05, 3.63) is 33.6 Å². The number of rotatable bonds is 2. The molecule has 0 aliphatic rings. The third-order valence-electron chi connectivity index (χ3n) is 1.86.